The van der Waals surface area contributed by atoms with Gasteiger partial charge in [-0.2, -0.15) is 0 Å². The molecule has 1 aromatic rings. The van der Waals surface area contributed by atoms with Gasteiger partial charge in [0.05, 0.1) is 14.2 Å². The highest BCUT2D eigenvalue weighted by Gasteiger charge is 2.47. The molecule has 26 heavy (non-hydrogen) atoms. The minimum atomic E-state index is -0.745. The lowest BCUT2D eigenvalue weighted by atomic mass is 9.77. The molecule has 1 aliphatic heterocycles. The van der Waals surface area contributed by atoms with E-state index in [0.717, 1.165) is 10.0 Å². The van der Waals surface area contributed by atoms with Crippen molar-refractivity contribution in [2.24, 2.45) is 15.9 Å². The van der Waals surface area contributed by atoms with Crippen molar-refractivity contribution in [2.75, 3.05) is 14.2 Å². The van der Waals surface area contributed by atoms with Crippen LogP contribution in [-0.2, 0) is 9.47 Å². The molecule has 0 amide bonds. The largest absolute Gasteiger partial charge is 0.483 e. The van der Waals surface area contributed by atoms with E-state index in [0.29, 0.717) is 23.2 Å². The quantitative estimate of drug-likeness (QED) is 0.554. The number of hydrogen-bond donors (Lipinski definition) is 0. The smallest absolute Gasteiger partial charge is 0.213 e. The van der Waals surface area contributed by atoms with Crippen molar-refractivity contribution >= 4 is 39.3 Å². The third-order valence-corrected chi connectivity index (χ3v) is 5.64. The summed E-state index contributed by atoms with van der Waals surface area (Å²) in [6, 6.07) is 5.70. The lowest BCUT2D eigenvalue weighted by Crippen LogP contribution is -2.49. The fourth-order valence-electron chi connectivity index (χ4n) is 3.36. The Kier molecular flexibility index (Phi) is 6.92. The van der Waals surface area contributed by atoms with E-state index in [9.17, 15) is 0 Å². The molecule has 0 fully saturated rings. The van der Waals surface area contributed by atoms with Crippen LogP contribution in [0.3, 0.4) is 0 Å². The summed E-state index contributed by atoms with van der Waals surface area (Å²) in [5.41, 5.74) is 0.230. The molecule has 0 spiro atoms. The van der Waals surface area contributed by atoms with Crippen molar-refractivity contribution in [3.05, 3.63) is 45.9 Å². The van der Waals surface area contributed by atoms with Gasteiger partial charge in [-0.05, 0) is 30.0 Å². The highest BCUT2D eigenvalue weighted by atomic mass is 79.9. The summed E-state index contributed by atoms with van der Waals surface area (Å²) >= 11 is 9.99. The van der Waals surface area contributed by atoms with Gasteiger partial charge in [-0.15, -0.1) is 6.58 Å². The first-order valence-electron chi connectivity index (χ1n) is 8.62. The van der Waals surface area contributed by atoms with Crippen molar-refractivity contribution < 1.29 is 9.47 Å². The van der Waals surface area contributed by atoms with E-state index in [2.05, 4.69) is 43.3 Å². The Morgan fingerprint density at radius 1 is 1.31 bits per heavy atom. The van der Waals surface area contributed by atoms with Crippen molar-refractivity contribution in [2.45, 2.75) is 44.7 Å². The van der Waals surface area contributed by atoms with Gasteiger partial charge >= 0.3 is 0 Å². The molecule has 0 saturated heterocycles. The number of methoxy groups -OCH3 is 2. The normalized spacial score (nSPS) is 23.9. The van der Waals surface area contributed by atoms with Gasteiger partial charge in [0.25, 0.3) is 0 Å². The molecular formula is C20H26BrClN2O2. The second kappa shape index (κ2) is 8.57. The van der Waals surface area contributed by atoms with Crippen molar-refractivity contribution in [1.82, 2.24) is 0 Å². The summed E-state index contributed by atoms with van der Waals surface area (Å²) in [4.78, 5) is 9.87. The van der Waals surface area contributed by atoms with Gasteiger partial charge < -0.3 is 9.47 Å². The first-order valence-corrected chi connectivity index (χ1v) is 9.79. The van der Waals surface area contributed by atoms with E-state index < -0.39 is 5.54 Å². The van der Waals surface area contributed by atoms with Gasteiger partial charge in [-0.1, -0.05) is 60.4 Å². The van der Waals surface area contributed by atoms with Crippen LogP contribution in [0.5, 0.6) is 0 Å². The molecule has 1 unspecified atom stereocenters. The Hall–Kier alpha value is -1.33. The maximum absolute atomic E-state index is 6.53. The topological polar surface area (TPSA) is 43.2 Å². The van der Waals surface area contributed by atoms with Crippen molar-refractivity contribution in [3.8, 4) is 0 Å². The molecular weight excluding hydrogens is 416 g/mol. The van der Waals surface area contributed by atoms with Crippen LogP contribution >= 0.6 is 27.5 Å². The average Bonchev–Trinajstić information content (AvgIpc) is 2.60. The second-order valence-electron chi connectivity index (χ2n) is 6.79. The van der Waals surface area contributed by atoms with E-state index in [1.165, 1.54) is 0 Å². The highest BCUT2D eigenvalue weighted by Crippen LogP contribution is 2.42. The van der Waals surface area contributed by atoms with Crippen LogP contribution < -0.4 is 0 Å². The van der Waals surface area contributed by atoms with Crippen molar-refractivity contribution in [1.29, 1.82) is 0 Å². The summed E-state index contributed by atoms with van der Waals surface area (Å²) in [6.07, 6.45) is 2.40. The van der Waals surface area contributed by atoms with E-state index in [1.54, 1.807) is 14.2 Å². The molecule has 0 radical (unpaired) electrons. The Morgan fingerprint density at radius 3 is 2.50 bits per heavy atom. The zero-order chi connectivity index (χ0) is 19.5. The molecule has 142 valence electrons. The number of aliphatic imine (C=N–C) groups is 2. The fourth-order valence-corrected chi connectivity index (χ4v) is 4.19. The molecule has 1 aromatic carbocycles. The van der Waals surface area contributed by atoms with Crippen LogP contribution in [0.1, 0.15) is 38.7 Å². The summed E-state index contributed by atoms with van der Waals surface area (Å²) in [5.74, 6) is 1.36. The van der Waals surface area contributed by atoms with E-state index in [-0.39, 0.29) is 17.9 Å². The summed E-state index contributed by atoms with van der Waals surface area (Å²) in [6.45, 7) is 10.2. The number of rotatable bonds is 5. The van der Waals surface area contributed by atoms with Gasteiger partial charge in [0.2, 0.25) is 11.8 Å². The van der Waals surface area contributed by atoms with Crippen LogP contribution in [0, 0.1) is 5.92 Å². The third-order valence-electron chi connectivity index (χ3n) is 4.82. The summed E-state index contributed by atoms with van der Waals surface area (Å²) in [5, 5.41) is 0.672. The SMILES string of the molecule is C=CC[C@]1(C(C)c2ccc(Br)cc2Cl)N=C(OC)[C@@H](C(C)C)N=C1OC. The predicted octanol–water partition coefficient (Wildman–Crippen LogP) is 5.65. The highest BCUT2D eigenvalue weighted by molar-refractivity contribution is 9.10. The first-order chi connectivity index (χ1) is 12.3. The molecule has 3 atom stereocenters. The van der Waals surface area contributed by atoms with Crippen LogP contribution in [0.15, 0.2) is 45.3 Å². The van der Waals surface area contributed by atoms with E-state index in [1.807, 2.05) is 24.3 Å². The number of nitrogens with zero attached hydrogens (tertiary/aromatic N) is 2. The maximum Gasteiger partial charge on any atom is 0.213 e. The molecule has 1 heterocycles. The molecule has 1 aliphatic rings. The Labute approximate surface area is 169 Å². The lowest BCUT2D eigenvalue weighted by molar-refractivity contribution is 0.289. The molecule has 4 nitrogen and oxygen atoms in total. The Balaban J connectivity index is 2.64. The fraction of sp³-hybridized carbons (Fsp3) is 0.500. The number of benzene rings is 1. The van der Waals surface area contributed by atoms with Crippen LogP contribution in [0.25, 0.3) is 0 Å². The van der Waals surface area contributed by atoms with Gasteiger partial charge in [0.15, 0.2) is 0 Å². The predicted molar refractivity (Wildman–Crippen MR) is 113 cm³/mol. The second-order valence-corrected chi connectivity index (χ2v) is 8.11. The van der Waals surface area contributed by atoms with Gasteiger partial charge in [0, 0.05) is 15.4 Å². The van der Waals surface area contributed by atoms with E-state index >= 15 is 0 Å². The van der Waals surface area contributed by atoms with Crippen LogP contribution in [-0.4, -0.2) is 37.6 Å². The number of ether oxygens (including phenoxy) is 2. The maximum atomic E-state index is 6.53. The minimum absolute atomic E-state index is 0.0851. The molecule has 0 saturated carbocycles. The number of halogens is 2. The zero-order valence-corrected chi connectivity index (χ0v) is 18.3. The standard InChI is InChI=1S/C20H26BrClN2O2/c1-7-10-20(13(4)15-9-8-14(21)11-16(15)22)19(26-6)23-17(12(2)3)18(24-20)25-5/h7-9,11-13,17H,1,10H2,2-6H3/t13?,17-,20-/m1/s1. The van der Waals surface area contributed by atoms with Gasteiger partial charge in [-0.25, -0.2) is 9.98 Å². The molecule has 0 N–H and O–H groups in total. The van der Waals surface area contributed by atoms with E-state index in [4.69, 9.17) is 31.1 Å². The Bertz CT molecular complexity index is 733. The zero-order valence-electron chi connectivity index (χ0n) is 15.9. The Morgan fingerprint density at radius 2 is 2.00 bits per heavy atom. The first kappa shape index (κ1) is 21.0. The monoisotopic (exact) mass is 440 g/mol. The summed E-state index contributed by atoms with van der Waals surface area (Å²) in [7, 11) is 3.27. The van der Waals surface area contributed by atoms with Gasteiger partial charge in [-0.3, -0.25) is 0 Å². The third kappa shape index (κ3) is 3.84. The minimum Gasteiger partial charge on any atom is -0.483 e. The van der Waals surface area contributed by atoms with Crippen LogP contribution in [0.2, 0.25) is 5.02 Å². The lowest BCUT2D eigenvalue weighted by Gasteiger charge is -2.40. The average molecular weight is 442 g/mol. The molecule has 2 rings (SSSR count). The van der Waals surface area contributed by atoms with Gasteiger partial charge in [0.1, 0.15) is 11.6 Å². The molecule has 0 bridgehead atoms. The molecule has 6 heteroatoms. The van der Waals surface area contributed by atoms with Crippen LogP contribution in [0.4, 0.5) is 0 Å². The summed E-state index contributed by atoms with van der Waals surface area (Å²) < 4.78 is 12.3. The number of hydrogen-bond acceptors (Lipinski definition) is 4. The molecule has 0 aliphatic carbocycles. The molecule has 0 aromatic heterocycles. The van der Waals surface area contributed by atoms with Crippen molar-refractivity contribution in [3.63, 3.8) is 0 Å².